The maximum absolute atomic E-state index is 5.50. The summed E-state index contributed by atoms with van der Waals surface area (Å²) in [6, 6.07) is 8.12. The molecule has 2 aromatic rings. The third-order valence-electron chi connectivity index (χ3n) is 4.23. The number of aromatic nitrogens is 2. The first-order chi connectivity index (χ1) is 10.7. The van der Waals surface area contributed by atoms with Crippen molar-refractivity contribution in [1.82, 2.24) is 20.4 Å². The number of likely N-dealkylation sites (N-methyl/N-ethyl adjacent to an activating group) is 1. The van der Waals surface area contributed by atoms with Crippen LogP contribution in [0.4, 0.5) is 0 Å². The minimum atomic E-state index is 0.0400. The van der Waals surface area contributed by atoms with E-state index in [2.05, 4.69) is 34.3 Å². The summed E-state index contributed by atoms with van der Waals surface area (Å²) < 4.78 is 10.8. The first-order valence-corrected chi connectivity index (χ1v) is 7.57. The summed E-state index contributed by atoms with van der Waals surface area (Å²) in [5.74, 6) is 2.26. The Bertz CT molecular complexity index is 628. The zero-order valence-electron chi connectivity index (χ0n) is 13.2. The minimum absolute atomic E-state index is 0.0400. The van der Waals surface area contributed by atoms with Gasteiger partial charge in [0, 0.05) is 19.6 Å². The molecule has 2 unspecified atom stereocenters. The fraction of sp³-hybridized carbons (Fsp3) is 0.500. The summed E-state index contributed by atoms with van der Waals surface area (Å²) >= 11 is 0. The Hall–Kier alpha value is -1.92. The molecule has 22 heavy (non-hydrogen) atoms. The zero-order chi connectivity index (χ0) is 15.5. The van der Waals surface area contributed by atoms with E-state index in [4.69, 9.17) is 9.26 Å². The van der Waals surface area contributed by atoms with Crippen LogP contribution in [0.2, 0.25) is 0 Å². The van der Waals surface area contributed by atoms with Crippen molar-refractivity contribution in [3.63, 3.8) is 0 Å². The predicted octanol–water partition coefficient (Wildman–Crippen LogP) is 1.81. The Kier molecular flexibility index (Phi) is 4.40. The number of hydrogen-bond acceptors (Lipinski definition) is 6. The van der Waals surface area contributed by atoms with Crippen LogP contribution in [-0.4, -0.2) is 48.8 Å². The Morgan fingerprint density at radius 1 is 1.45 bits per heavy atom. The molecular weight excluding hydrogens is 280 g/mol. The van der Waals surface area contributed by atoms with Crippen LogP contribution in [0.5, 0.6) is 5.75 Å². The topological polar surface area (TPSA) is 63.4 Å². The highest BCUT2D eigenvalue weighted by Gasteiger charge is 2.26. The monoisotopic (exact) mass is 302 g/mol. The van der Waals surface area contributed by atoms with Crippen molar-refractivity contribution in [2.24, 2.45) is 0 Å². The number of nitrogens with one attached hydrogen (secondary N) is 1. The molecule has 1 saturated heterocycles. The molecule has 1 N–H and O–H groups in total. The molecule has 1 aromatic heterocycles. The lowest BCUT2D eigenvalue weighted by Crippen LogP contribution is -2.44. The molecule has 0 aliphatic carbocycles. The van der Waals surface area contributed by atoms with Crippen LogP contribution in [0.25, 0.3) is 0 Å². The normalized spacial score (nSPS) is 20.8. The Labute approximate surface area is 130 Å². The molecule has 2 heterocycles. The van der Waals surface area contributed by atoms with Gasteiger partial charge < -0.3 is 14.6 Å². The summed E-state index contributed by atoms with van der Waals surface area (Å²) in [5, 5.41) is 7.55. The number of ether oxygens (including phenoxy) is 1. The van der Waals surface area contributed by atoms with Gasteiger partial charge in [0.15, 0.2) is 5.82 Å². The summed E-state index contributed by atoms with van der Waals surface area (Å²) in [5.41, 5.74) is 1.10. The summed E-state index contributed by atoms with van der Waals surface area (Å²) in [6.07, 6.45) is 0. The lowest BCUT2D eigenvalue weighted by atomic mass is 10.0. The van der Waals surface area contributed by atoms with Crippen LogP contribution in [-0.2, 0) is 0 Å². The number of hydrogen-bond donors (Lipinski definition) is 1. The second-order valence-electron chi connectivity index (χ2n) is 5.69. The Balaban J connectivity index is 1.80. The molecule has 6 nitrogen and oxygen atoms in total. The van der Waals surface area contributed by atoms with Crippen molar-refractivity contribution in [3.05, 3.63) is 41.5 Å². The number of benzene rings is 1. The van der Waals surface area contributed by atoms with E-state index in [9.17, 15) is 0 Å². The third kappa shape index (κ3) is 2.98. The SMILES string of the molecule is COc1cccc(C(C)c2nc(C3CNCCN3C)no2)c1. The van der Waals surface area contributed by atoms with Gasteiger partial charge in [0.25, 0.3) is 0 Å². The molecule has 1 fully saturated rings. The maximum Gasteiger partial charge on any atom is 0.233 e. The lowest BCUT2D eigenvalue weighted by Gasteiger charge is -2.30. The molecule has 0 bridgehead atoms. The quantitative estimate of drug-likeness (QED) is 0.929. The molecule has 0 saturated carbocycles. The van der Waals surface area contributed by atoms with Gasteiger partial charge in [0.2, 0.25) is 5.89 Å². The van der Waals surface area contributed by atoms with E-state index in [-0.39, 0.29) is 12.0 Å². The summed E-state index contributed by atoms with van der Waals surface area (Å²) in [6.45, 7) is 4.90. The Morgan fingerprint density at radius 3 is 3.09 bits per heavy atom. The number of piperazine rings is 1. The minimum Gasteiger partial charge on any atom is -0.497 e. The number of rotatable bonds is 4. The van der Waals surface area contributed by atoms with E-state index in [0.29, 0.717) is 5.89 Å². The highest BCUT2D eigenvalue weighted by Crippen LogP contribution is 2.27. The highest BCUT2D eigenvalue weighted by molar-refractivity contribution is 5.32. The lowest BCUT2D eigenvalue weighted by molar-refractivity contribution is 0.190. The van der Waals surface area contributed by atoms with Crippen molar-refractivity contribution >= 4 is 0 Å². The highest BCUT2D eigenvalue weighted by atomic mass is 16.5. The molecule has 0 amide bonds. The van der Waals surface area contributed by atoms with Crippen molar-refractivity contribution in [3.8, 4) is 5.75 Å². The predicted molar refractivity (Wildman–Crippen MR) is 83.0 cm³/mol. The van der Waals surface area contributed by atoms with E-state index in [1.165, 1.54) is 0 Å². The largest absolute Gasteiger partial charge is 0.497 e. The van der Waals surface area contributed by atoms with E-state index < -0.39 is 0 Å². The van der Waals surface area contributed by atoms with Gasteiger partial charge in [-0.3, -0.25) is 4.90 Å². The molecule has 2 atom stereocenters. The first kappa shape index (κ1) is 15.0. The molecule has 3 rings (SSSR count). The molecule has 1 aromatic carbocycles. The van der Waals surface area contributed by atoms with E-state index in [1.54, 1.807) is 7.11 Å². The van der Waals surface area contributed by atoms with E-state index in [0.717, 1.165) is 36.8 Å². The van der Waals surface area contributed by atoms with Gasteiger partial charge in [0.1, 0.15) is 5.75 Å². The molecule has 1 aliphatic rings. The van der Waals surface area contributed by atoms with Gasteiger partial charge >= 0.3 is 0 Å². The number of methoxy groups -OCH3 is 1. The van der Waals surface area contributed by atoms with Crippen molar-refractivity contribution in [2.75, 3.05) is 33.8 Å². The van der Waals surface area contributed by atoms with Crippen molar-refractivity contribution < 1.29 is 9.26 Å². The fourth-order valence-corrected chi connectivity index (χ4v) is 2.71. The van der Waals surface area contributed by atoms with Crippen LogP contribution in [0, 0.1) is 0 Å². The van der Waals surface area contributed by atoms with Gasteiger partial charge in [-0.25, -0.2) is 0 Å². The second kappa shape index (κ2) is 6.46. The van der Waals surface area contributed by atoms with Gasteiger partial charge in [-0.05, 0) is 31.7 Å². The molecular formula is C16H22N4O2. The Morgan fingerprint density at radius 2 is 2.32 bits per heavy atom. The standard InChI is InChI=1S/C16H22N4O2/c1-11(12-5-4-6-13(9-12)21-3)16-18-15(19-22-16)14-10-17-7-8-20(14)2/h4-6,9,11,14,17H,7-8,10H2,1-3H3. The molecule has 0 spiro atoms. The van der Waals surface area contributed by atoms with Crippen LogP contribution < -0.4 is 10.1 Å². The molecule has 6 heteroatoms. The average Bonchev–Trinajstić information content (AvgIpc) is 3.04. The third-order valence-corrected chi connectivity index (χ3v) is 4.23. The van der Waals surface area contributed by atoms with Crippen LogP contribution in [0.1, 0.15) is 36.2 Å². The smallest absolute Gasteiger partial charge is 0.233 e. The van der Waals surface area contributed by atoms with E-state index in [1.807, 2.05) is 24.3 Å². The van der Waals surface area contributed by atoms with Crippen molar-refractivity contribution in [1.29, 1.82) is 0 Å². The molecule has 118 valence electrons. The first-order valence-electron chi connectivity index (χ1n) is 7.57. The second-order valence-corrected chi connectivity index (χ2v) is 5.69. The van der Waals surface area contributed by atoms with Crippen molar-refractivity contribution in [2.45, 2.75) is 18.9 Å². The van der Waals surface area contributed by atoms with Crippen LogP contribution >= 0.6 is 0 Å². The zero-order valence-corrected chi connectivity index (χ0v) is 13.2. The van der Waals surface area contributed by atoms with Gasteiger partial charge in [-0.2, -0.15) is 4.98 Å². The summed E-state index contributed by atoms with van der Waals surface area (Å²) in [4.78, 5) is 6.87. The number of nitrogens with zero attached hydrogens (tertiary/aromatic N) is 3. The van der Waals surface area contributed by atoms with Gasteiger partial charge in [-0.1, -0.05) is 17.3 Å². The average molecular weight is 302 g/mol. The van der Waals surface area contributed by atoms with Gasteiger partial charge in [0.05, 0.1) is 19.1 Å². The van der Waals surface area contributed by atoms with Crippen LogP contribution in [0.15, 0.2) is 28.8 Å². The van der Waals surface area contributed by atoms with E-state index >= 15 is 0 Å². The van der Waals surface area contributed by atoms with Gasteiger partial charge in [-0.15, -0.1) is 0 Å². The maximum atomic E-state index is 5.50. The summed E-state index contributed by atoms with van der Waals surface area (Å²) in [7, 11) is 3.76. The fourth-order valence-electron chi connectivity index (χ4n) is 2.71. The molecule has 0 radical (unpaired) electrons. The molecule has 1 aliphatic heterocycles. The van der Waals surface area contributed by atoms with Crippen LogP contribution in [0.3, 0.4) is 0 Å².